The van der Waals surface area contributed by atoms with E-state index in [0.717, 1.165) is 77.0 Å². The largest absolute Gasteiger partial charge is 0.507 e. The molecular weight excluding hydrogens is 782 g/mol. The maximum absolute atomic E-state index is 14.7. The molecule has 0 radical (unpaired) electrons. The smallest absolute Gasteiger partial charge is 0.137 e. The summed E-state index contributed by atoms with van der Waals surface area (Å²) in [5.41, 5.74) is 2.84. The molecule has 0 heterocycles. The minimum absolute atomic E-state index is 0.0691. The number of phenolic OH excluding ortho intramolecular Hbond substituents is 1. The Bertz CT molecular complexity index is 1730. The van der Waals surface area contributed by atoms with Crippen LogP contribution in [-0.2, 0) is 27.3 Å². The lowest BCUT2D eigenvalue weighted by Crippen LogP contribution is -2.44. The van der Waals surface area contributed by atoms with Crippen LogP contribution in [-0.4, -0.2) is 35.7 Å². The molecule has 2 atom stereocenters. The summed E-state index contributed by atoms with van der Waals surface area (Å²) in [5.74, 6) is 1.12. The van der Waals surface area contributed by atoms with Crippen molar-refractivity contribution in [2.75, 3.05) is 13.2 Å². The number of aromatic hydroxyl groups is 1. The van der Waals surface area contributed by atoms with Crippen molar-refractivity contribution < 1.29 is 24.1 Å². The van der Waals surface area contributed by atoms with Gasteiger partial charge in [-0.3, -0.25) is 4.99 Å². The highest BCUT2D eigenvalue weighted by Crippen LogP contribution is 2.50. The highest BCUT2D eigenvalue weighted by molar-refractivity contribution is 5.83. The second kappa shape index (κ2) is 23.2. The number of hydrogen-bond donors (Lipinski definition) is 2. The van der Waals surface area contributed by atoms with Gasteiger partial charge in [0.1, 0.15) is 28.7 Å². The van der Waals surface area contributed by atoms with Crippen molar-refractivity contribution in [1.29, 1.82) is 0 Å². The molecule has 3 aromatic carbocycles. The van der Waals surface area contributed by atoms with Crippen molar-refractivity contribution in [1.82, 2.24) is 0 Å². The minimum Gasteiger partial charge on any atom is -0.507 e. The van der Waals surface area contributed by atoms with Crippen LogP contribution in [0.15, 0.2) is 47.5 Å². The Balaban J connectivity index is 2.51. The Hall–Kier alpha value is -3.38. The van der Waals surface area contributed by atoms with Gasteiger partial charge < -0.3 is 19.7 Å². The summed E-state index contributed by atoms with van der Waals surface area (Å²) >= 11 is 0. The molecule has 0 aliphatic heterocycles. The lowest BCUT2D eigenvalue weighted by molar-refractivity contribution is 0.0323. The molecule has 0 aliphatic carbocycles. The Morgan fingerprint density at radius 3 is 1.29 bits per heavy atom. The second-order valence-corrected chi connectivity index (χ2v) is 22.6. The number of unbranched alkanes of at least 4 members (excludes halogenated alkanes) is 10. The van der Waals surface area contributed by atoms with Gasteiger partial charge in [0, 0.05) is 34.0 Å². The minimum atomic E-state index is -1.69. The van der Waals surface area contributed by atoms with E-state index >= 15 is 0 Å². The summed E-state index contributed by atoms with van der Waals surface area (Å²) in [6.45, 7) is 36.6. The van der Waals surface area contributed by atoms with Crippen molar-refractivity contribution in [2.24, 2.45) is 10.9 Å². The van der Waals surface area contributed by atoms with Gasteiger partial charge in [-0.1, -0.05) is 181 Å². The molecule has 63 heavy (non-hydrogen) atoms. The van der Waals surface area contributed by atoms with E-state index in [4.69, 9.17) is 14.5 Å². The van der Waals surface area contributed by atoms with Crippen LogP contribution in [0.5, 0.6) is 17.2 Å². The van der Waals surface area contributed by atoms with Crippen LogP contribution < -0.4 is 9.47 Å². The standard InChI is InChI=1S/C57H90FNO4/c1-17-20-22-24-26-28-32-62-50-45(53(5,6)7)35-42(36-46(50)54(8,9)10)57(61,52(40(4)19-3)59-39-41-34-44(58)30-31-49(41)60)43-37-47(55(11,12)13)51(48(38-43)56(14,15)16)63-33-29-27-25-23-21-18-2/h30-31,34-40,52,60-61H,17-29,32-33H2,1-16H3. The SMILES string of the molecule is CCCCCCCCOc1c(C(C)(C)C)cc(C(O)(c2cc(C(C)(C)C)c(OCCCCCCCC)c(C(C)(C)C)c2)C(N=Cc2cc(F)ccc2O)C(C)CC)cc1C(C)(C)C. The van der Waals surface area contributed by atoms with Crippen molar-refractivity contribution in [3.05, 3.63) is 87.2 Å². The molecule has 0 saturated heterocycles. The van der Waals surface area contributed by atoms with Crippen molar-refractivity contribution in [2.45, 2.75) is 228 Å². The number of aliphatic hydroxyl groups is 1. The van der Waals surface area contributed by atoms with Crippen LogP contribution in [0.2, 0.25) is 0 Å². The summed E-state index contributed by atoms with van der Waals surface area (Å²) in [4.78, 5) is 5.22. The highest BCUT2D eigenvalue weighted by atomic mass is 19.1. The number of phenols is 1. The van der Waals surface area contributed by atoms with Crippen LogP contribution in [0, 0.1) is 11.7 Å². The Morgan fingerprint density at radius 2 is 0.937 bits per heavy atom. The van der Waals surface area contributed by atoms with E-state index < -0.39 is 17.5 Å². The van der Waals surface area contributed by atoms with E-state index in [1.54, 1.807) is 6.21 Å². The topological polar surface area (TPSA) is 71.3 Å². The molecule has 6 heteroatoms. The Labute approximate surface area is 385 Å². The molecular formula is C57H90FNO4. The molecule has 0 fully saturated rings. The first-order valence-corrected chi connectivity index (χ1v) is 24.7. The van der Waals surface area contributed by atoms with E-state index in [-0.39, 0.29) is 38.9 Å². The zero-order valence-electron chi connectivity index (χ0n) is 42.9. The maximum Gasteiger partial charge on any atom is 0.137 e. The van der Waals surface area contributed by atoms with Gasteiger partial charge in [0.15, 0.2) is 0 Å². The second-order valence-electron chi connectivity index (χ2n) is 22.6. The van der Waals surface area contributed by atoms with Crippen LogP contribution in [0.4, 0.5) is 4.39 Å². The predicted octanol–water partition coefficient (Wildman–Crippen LogP) is 16.0. The summed E-state index contributed by atoms with van der Waals surface area (Å²) < 4.78 is 28.4. The number of hydrogen-bond acceptors (Lipinski definition) is 5. The molecule has 5 nitrogen and oxygen atoms in total. The first-order chi connectivity index (χ1) is 29.3. The molecule has 3 aromatic rings. The van der Waals surface area contributed by atoms with Gasteiger partial charge in [-0.15, -0.1) is 0 Å². The van der Waals surface area contributed by atoms with E-state index in [1.165, 1.54) is 69.6 Å². The molecule has 0 amide bonds. The van der Waals surface area contributed by atoms with Crippen molar-refractivity contribution >= 4 is 6.21 Å². The molecule has 0 aromatic heterocycles. The first-order valence-electron chi connectivity index (χ1n) is 24.7. The van der Waals surface area contributed by atoms with Gasteiger partial charge in [0.25, 0.3) is 0 Å². The normalized spacial score (nSPS) is 14.1. The number of rotatable bonds is 23. The summed E-state index contributed by atoms with van der Waals surface area (Å²) in [7, 11) is 0. The van der Waals surface area contributed by atoms with Crippen LogP contribution in [0.1, 0.15) is 233 Å². The Kier molecular flexibility index (Phi) is 19.9. The summed E-state index contributed by atoms with van der Waals surface area (Å²) in [6, 6.07) is 11.8. The maximum atomic E-state index is 14.7. The number of ether oxygens (including phenoxy) is 2. The summed E-state index contributed by atoms with van der Waals surface area (Å²) in [6.07, 6.45) is 16.4. The van der Waals surface area contributed by atoms with Gasteiger partial charge in [0.2, 0.25) is 0 Å². The zero-order valence-corrected chi connectivity index (χ0v) is 42.9. The molecule has 354 valence electrons. The number of halogens is 1. The van der Waals surface area contributed by atoms with E-state index in [2.05, 4.69) is 135 Å². The van der Waals surface area contributed by atoms with Gasteiger partial charge in [-0.25, -0.2) is 4.39 Å². The zero-order chi connectivity index (χ0) is 47.4. The van der Waals surface area contributed by atoms with Crippen molar-refractivity contribution in [3.8, 4) is 17.2 Å². The number of nitrogens with zero attached hydrogens (tertiary/aromatic N) is 1. The average Bonchev–Trinajstić information content (AvgIpc) is 3.19. The molecule has 0 bridgehead atoms. The van der Waals surface area contributed by atoms with Gasteiger partial charge in [-0.2, -0.15) is 0 Å². The first kappa shape index (κ1) is 54.0. The third-order valence-electron chi connectivity index (χ3n) is 12.8. The fourth-order valence-electron chi connectivity index (χ4n) is 8.54. The molecule has 2 unspecified atom stereocenters. The molecule has 0 aliphatic rings. The third kappa shape index (κ3) is 14.8. The fourth-order valence-corrected chi connectivity index (χ4v) is 8.54. The lowest BCUT2D eigenvalue weighted by Gasteiger charge is -2.42. The lowest BCUT2D eigenvalue weighted by atomic mass is 9.68. The van der Waals surface area contributed by atoms with E-state index in [1.807, 2.05) is 0 Å². The quantitative estimate of drug-likeness (QED) is 0.0736. The Morgan fingerprint density at radius 1 is 0.571 bits per heavy atom. The number of aliphatic imine (C=N–C) groups is 1. The molecule has 0 spiro atoms. The van der Waals surface area contributed by atoms with Gasteiger partial charge in [-0.05, 0) is 94.0 Å². The van der Waals surface area contributed by atoms with Crippen LogP contribution >= 0.6 is 0 Å². The molecule has 3 rings (SSSR count). The molecule has 2 N–H and O–H groups in total. The van der Waals surface area contributed by atoms with Crippen LogP contribution in [0.3, 0.4) is 0 Å². The van der Waals surface area contributed by atoms with Crippen molar-refractivity contribution in [3.63, 3.8) is 0 Å². The van der Waals surface area contributed by atoms with Crippen LogP contribution in [0.25, 0.3) is 0 Å². The third-order valence-corrected chi connectivity index (χ3v) is 12.8. The fraction of sp³-hybridized carbons (Fsp3) is 0.667. The number of benzene rings is 3. The highest BCUT2D eigenvalue weighted by Gasteiger charge is 2.46. The average molecular weight is 872 g/mol. The summed E-state index contributed by atoms with van der Waals surface area (Å²) in [5, 5.41) is 25.2. The van der Waals surface area contributed by atoms with Gasteiger partial charge in [0.05, 0.1) is 19.3 Å². The monoisotopic (exact) mass is 872 g/mol. The van der Waals surface area contributed by atoms with E-state index in [0.29, 0.717) is 13.2 Å². The van der Waals surface area contributed by atoms with E-state index in [9.17, 15) is 14.6 Å². The predicted molar refractivity (Wildman–Crippen MR) is 267 cm³/mol. The molecule has 0 saturated carbocycles. The van der Waals surface area contributed by atoms with Gasteiger partial charge >= 0.3 is 0 Å².